The van der Waals surface area contributed by atoms with E-state index in [0.29, 0.717) is 6.42 Å². The number of allylic oxidation sites excluding steroid dienone is 4. The highest BCUT2D eigenvalue weighted by molar-refractivity contribution is 6.45. The van der Waals surface area contributed by atoms with E-state index in [1.165, 1.54) is 0 Å². The van der Waals surface area contributed by atoms with Crippen molar-refractivity contribution in [3.63, 3.8) is 0 Å². The monoisotopic (exact) mass is 228 g/mol. The molecule has 1 aromatic rings. The molecule has 5 heteroatoms. The van der Waals surface area contributed by atoms with Crippen molar-refractivity contribution in [3.8, 4) is 0 Å². The molecule has 0 heterocycles. The van der Waals surface area contributed by atoms with Gasteiger partial charge in [0.25, 0.3) is 0 Å². The van der Waals surface area contributed by atoms with Crippen LogP contribution in [-0.2, 0) is 0 Å². The van der Waals surface area contributed by atoms with E-state index < -0.39 is 7.12 Å². The fourth-order valence-corrected chi connectivity index (χ4v) is 1.99. The molecule has 1 aliphatic carbocycles. The van der Waals surface area contributed by atoms with Crippen LogP contribution in [0, 0.1) is 0 Å². The quantitative estimate of drug-likeness (QED) is 0.630. The Balaban J connectivity index is 2.22. The second kappa shape index (κ2) is 5.36. The highest BCUT2D eigenvalue weighted by Crippen LogP contribution is 2.30. The summed E-state index contributed by atoms with van der Waals surface area (Å²) in [4.78, 5) is 0. The van der Waals surface area contributed by atoms with Gasteiger partial charge in [-0.15, -0.1) is 0 Å². The van der Waals surface area contributed by atoms with E-state index >= 15 is 0 Å². The van der Waals surface area contributed by atoms with Gasteiger partial charge in [0, 0.05) is 5.82 Å². The van der Waals surface area contributed by atoms with Gasteiger partial charge in [-0.25, -0.2) is 0 Å². The summed E-state index contributed by atoms with van der Waals surface area (Å²) in [7, 11) is -1.31. The van der Waals surface area contributed by atoms with Crippen molar-refractivity contribution in [2.24, 2.45) is 0 Å². The zero-order valence-electron chi connectivity index (χ0n) is 9.45. The molecule has 3 nitrogen and oxygen atoms in total. The summed E-state index contributed by atoms with van der Waals surface area (Å²) in [6.07, 6.45) is 6.21. The second-order valence-corrected chi connectivity index (χ2v) is 4.22. The molecule has 0 radical (unpaired) electrons. The first-order valence-electron chi connectivity index (χ1n) is 5.64. The van der Waals surface area contributed by atoms with Gasteiger partial charge in [0.2, 0.25) is 0 Å². The Hall–Kier alpha value is -1.29. The Labute approximate surface area is 102 Å². The van der Waals surface area contributed by atoms with Crippen molar-refractivity contribution < 1.29 is 15.1 Å². The summed E-state index contributed by atoms with van der Waals surface area (Å²) >= 11 is 0. The van der Waals surface area contributed by atoms with Crippen LogP contribution in [0.3, 0.4) is 0 Å². The molecule has 2 rings (SSSR count). The molecule has 3 N–H and O–H groups in total. The molecule has 17 heavy (non-hydrogen) atoms. The van der Waals surface area contributed by atoms with Gasteiger partial charge in [0.15, 0.2) is 0 Å². The van der Waals surface area contributed by atoms with E-state index in [0.717, 1.165) is 16.6 Å². The zero-order valence-corrected chi connectivity index (χ0v) is 9.45. The van der Waals surface area contributed by atoms with Gasteiger partial charge in [-0.3, -0.25) is 0 Å². The lowest BCUT2D eigenvalue weighted by atomic mass is 9.67. The topological polar surface area (TPSA) is 60.7 Å². The molecule has 0 bridgehead atoms. The van der Waals surface area contributed by atoms with Gasteiger partial charge < -0.3 is 15.1 Å². The number of rotatable bonds is 3. The fourth-order valence-electron chi connectivity index (χ4n) is 1.99. The van der Waals surface area contributed by atoms with Crippen molar-refractivity contribution >= 4 is 25.6 Å². The smallest absolute Gasteiger partial charge is 0.449 e. The normalized spacial score (nSPS) is 18.8. The van der Waals surface area contributed by atoms with E-state index in [-0.39, 0.29) is 13.3 Å². The lowest BCUT2D eigenvalue weighted by Gasteiger charge is -2.18. The molecular formula is C12H14B2O3. The average Bonchev–Trinajstić information content (AvgIpc) is 2.39. The Kier molecular flexibility index (Phi) is 3.84. The van der Waals surface area contributed by atoms with Crippen molar-refractivity contribution in [1.82, 2.24) is 0 Å². The maximum absolute atomic E-state index is 9.18. The third-order valence-electron chi connectivity index (χ3n) is 2.97. The van der Waals surface area contributed by atoms with Gasteiger partial charge in [0.1, 0.15) is 0 Å². The summed E-state index contributed by atoms with van der Waals surface area (Å²) in [6.45, 7) is 0. The lowest BCUT2D eigenvalue weighted by molar-refractivity contribution is 0.395. The van der Waals surface area contributed by atoms with Crippen LogP contribution in [0.5, 0.6) is 0 Å². The van der Waals surface area contributed by atoms with Crippen LogP contribution in [0.4, 0.5) is 0 Å². The molecule has 0 saturated heterocycles. The fraction of sp³-hybridized carbons (Fsp3) is 0.167. The predicted molar refractivity (Wildman–Crippen MR) is 71.1 cm³/mol. The first-order chi connectivity index (χ1) is 8.20. The van der Waals surface area contributed by atoms with Gasteiger partial charge in [-0.1, -0.05) is 48.0 Å². The predicted octanol–water partition coefficient (Wildman–Crippen LogP) is -0.158. The maximum atomic E-state index is 9.18. The Bertz CT molecular complexity index is 455. The van der Waals surface area contributed by atoms with E-state index in [1.54, 1.807) is 6.08 Å². The maximum Gasteiger partial charge on any atom is 0.459 e. The Morgan fingerprint density at radius 2 is 2.12 bits per heavy atom. The van der Waals surface area contributed by atoms with Crippen LogP contribution in [0.1, 0.15) is 12.0 Å². The van der Waals surface area contributed by atoms with Crippen molar-refractivity contribution in [3.05, 3.63) is 48.1 Å². The van der Waals surface area contributed by atoms with Crippen LogP contribution in [0.15, 0.2) is 42.5 Å². The SMILES string of the molecule is OBc1cccc(C2=CC=CC(B(O)O)C2)c1. The minimum absolute atomic E-state index is 0.0169. The number of hydrogen-bond donors (Lipinski definition) is 3. The minimum atomic E-state index is -1.32. The second-order valence-electron chi connectivity index (χ2n) is 4.22. The number of benzene rings is 1. The van der Waals surface area contributed by atoms with Gasteiger partial charge in [-0.05, 0) is 17.6 Å². The van der Waals surface area contributed by atoms with Crippen LogP contribution < -0.4 is 5.46 Å². The van der Waals surface area contributed by atoms with Crippen LogP contribution >= 0.6 is 0 Å². The Morgan fingerprint density at radius 3 is 2.82 bits per heavy atom. The van der Waals surface area contributed by atoms with Crippen LogP contribution in [0.25, 0.3) is 5.57 Å². The summed E-state index contributed by atoms with van der Waals surface area (Å²) in [5.74, 6) is -0.257. The molecule has 0 saturated carbocycles. The first-order valence-corrected chi connectivity index (χ1v) is 5.64. The first kappa shape index (κ1) is 12.2. The van der Waals surface area contributed by atoms with Gasteiger partial charge in [0.05, 0.1) is 0 Å². The van der Waals surface area contributed by atoms with Crippen LogP contribution in [-0.4, -0.2) is 29.7 Å². The summed E-state index contributed by atoms with van der Waals surface area (Å²) in [6, 6.07) is 7.64. The standard InChI is InChI=1S/C12H14B2O3/c15-13-11-5-1-3-9(7-11)10-4-2-6-12(8-10)14(16)17/h1-7,12-13,15-17H,8H2. The average molecular weight is 228 g/mol. The molecule has 1 aromatic carbocycles. The molecule has 0 fully saturated rings. The lowest BCUT2D eigenvalue weighted by Crippen LogP contribution is -2.20. The van der Waals surface area contributed by atoms with Crippen molar-refractivity contribution in [2.75, 3.05) is 0 Å². The van der Waals surface area contributed by atoms with Crippen molar-refractivity contribution in [1.29, 1.82) is 0 Å². The number of hydrogen-bond acceptors (Lipinski definition) is 3. The minimum Gasteiger partial charge on any atom is -0.449 e. The molecule has 0 spiro atoms. The molecule has 1 unspecified atom stereocenters. The van der Waals surface area contributed by atoms with E-state index in [4.69, 9.17) is 5.02 Å². The third-order valence-corrected chi connectivity index (χ3v) is 2.97. The molecule has 0 aliphatic heterocycles. The van der Waals surface area contributed by atoms with Gasteiger partial charge >= 0.3 is 14.6 Å². The third kappa shape index (κ3) is 2.88. The summed E-state index contributed by atoms with van der Waals surface area (Å²) in [5.41, 5.74) is 2.94. The molecule has 0 amide bonds. The van der Waals surface area contributed by atoms with Gasteiger partial charge in [-0.2, -0.15) is 0 Å². The summed E-state index contributed by atoms with van der Waals surface area (Å²) < 4.78 is 0. The zero-order chi connectivity index (χ0) is 12.3. The highest BCUT2D eigenvalue weighted by Gasteiger charge is 2.23. The van der Waals surface area contributed by atoms with Crippen LogP contribution in [0.2, 0.25) is 5.82 Å². The molecule has 0 aromatic heterocycles. The molecule has 1 aliphatic rings. The Morgan fingerprint density at radius 1 is 1.29 bits per heavy atom. The molecular weight excluding hydrogens is 214 g/mol. The molecule has 86 valence electrons. The largest absolute Gasteiger partial charge is 0.459 e. The molecule has 1 atom stereocenters. The van der Waals surface area contributed by atoms with E-state index in [9.17, 15) is 10.0 Å². The highest BCUT2D eigenvalue weighted by atomic mass is 16.4. The van der Waals surface area contributed by atoms with Crippen molar-refractivity contribution in [2.45, 2.75) is 12.2 Å². The van der Waals surface area contributed by atoms with E-state index in [1.807, 2.05) is 36.4 Å². The summed E-state index contributed by atoms with van der Waals surface area (Å²) in [5, 5.41) is 27.4. The van der Waals surface area contributed by atoms with E-state index in [2.05, 4.69) is 0 Å².